The molecule has 1 aliphatic carbocycles. The molecule has 238 valence electrons. The van der Waals surface area contributed by atoms with Gasteiger partial charge in [0.2, 0.25) is 0 Å². The summed E-state index contributed by atoms with van der Waals surface area (Å²) in [5, 5.41) is 7.37. The van der Waals surface area contributed by atoms with Gasteiger partial charge in [0, 0.05) is 40.1 Å². The lowest BCUT2D eigenvalue weighted by atomic mass is 9.91. The summed E-state index contributed by atoms with van der Waals surface area (Å²) < 4.78 is 0. The molecule has 5 rings (SSSR count). The third-order valence-electron chi connectivity index (χ3n) is 8.30. The van der Waals surface area contributed by atoms with Crippen LogP contribution in [-0.2, 0) is 0 Å². The highest BCUT2D eigenvalue weighted by molar-refractivity contribution is 5.70. The summed E-state index contributed by atoms with van der Waals surface area (Å²) in [5.74, 6) is 0.354. The summed E-state index contributed by atoms with van der Waals surface area (Å²) in [6, 6.07) is 38.5. The van der Waals surface area contributed by atoms with Crippen LogP contribution in [0.1, 0.15) is 56.6 Å². The molecular weight excluding hydrogens is 571 g/mol. The molecule has 1 unspecified atom stereocenters. The van der Waals surface area contributed by atoms with Crippen molar-refractivity contribution in [2.75, 3.05) is 15.5 Å². The van der Waals surface area contributed by atoms with Crippen LogP contribution in [0.3, 0.4) is 0 Å². The van der Waals surface area contributed by atoms with E-state index >= 15 is 0 Å². The molecule has 0 saturated heterocycles. The van der Waals surface area contributed by atoms with Crippen LogP contribution in [0.15, 0.2) is 181 Å². The van der Waals surface area contributed by atoms with E-state index in [2.05, 4.69) is 182 Å². The second-order valence-corrected chi connectivity index (χ2v) is 11.9. The highest BCUT2D eigenvalue weighted by Crippen LogP contribution is 2.37. The smallest absolute Gasteiger partial charge is 0.0720 e. The number of hydrogen-bond acceptors (Lipinski definition) is 3. The van der Waals surface area contributed by atoms with Crippen molar-refractivity contribution in [3.63, 3.8) is 0 Å². The number of allylic oxidation sites excluding steroid dienone is 8. The lowest BCUT2D eigenvalue weighted by molar-refractivity contribution is 0.780. The average molecular weight is 618 g/mol. The number of benzene rings is 4. The van der Waals surface area contributed by atoms with Gasteiger partial charge in [-0.05, 0) is 98.9 Å². The van der Waals surface area contributed by atoms with Crippen molar-refractivity contribution in [1.29, 1.82) is 0 Å². The lowest BCUT2D eigenvalue weighted by Crippen LogP contribution is -2.26. The standard InChI is InChI=1S/C44H47N3/c1-5-7-11-16-35(4)44(43(21-8-6-2)46-40-30-28-39(29-31-40)45-38-26-22-34(3)23-27-38)47(41-19-14-10-15-20-41)42-32-24-37(25-33-42)36-17-12-9-13-18-36/h5,7,9-20,22-24,26-33,37,45-46H,4,6,8,21,25H2,1-3H3/b7-5-,16-11-,44-43+. The van der Waals surface area contributed by atoms with Gasteiger partial charge in [-0.2, -0.15) is 0 Å². The number of hydrogen-bond donors (Lipinski definition) is 2. The van der Waals surface area contributed by atoms with Crippen molar-refractivity contribution in [3.8, 4) is 0 Å². The fourth-order valence-electron chi connectivity index (χ4n) is 5.75. The number of unbranched alkanes of at least 4 members (excludes halogenated alkanes) is 1. The molecule has 0 spiro atoms. The first-order valence-electron chi connectivity index (χ1n) is 16.8. The van der Waals surface area contributed by atoms with Gasteiger partial charge in [-0.25, -0.2) is 0 Å². The zero-order chi connectivity index (χ0) is 32.8. The Morgan fingerprint density at radius 1 is 0.830 bits per heavy atom. The van der Waals surface area contributed by atoms with Crippen molar-refractivity contribution in [2.45, 2.75) is 52.4 Å². The third kappa shape index (κ3) is 9.14. The number of rotatable bonds is 14. The summed E-state index contributed by atoms with van der Waals surface area (Å²) in [6.45, 7) is 11.0. The molecule has 0 saturated carbocycles. The molecule has 0 bridgehead atoms. The maximum absolute atomic E-state index is 4.65. The largest absolute Gasteiger partial charge is 0.357 e. The molecule has 0 aromatic heterocycles. The maximum atomic E-state index is 4.65. The van der Waals surface area contributed by atoms with Gasteiger partial charge in [-0.1, -0.05) is 123 Å². The van der Waals surface area contributed by atoms with Gasteiger partial charge in [0.1, 0.15) is 0 Å². The minimum Gasteiger partial charge on any atom is -0.357 e. The van der Waals surface area contributed by atoms with E-state index in [0.717, 1.165) is 71.1 Å². The highest BCUT2D eigenvalue weighted by Gasteiger charge is 2.24. The van der Waals surface area contributed by atoms with E-state index in [1.165, 1.54) is 11.1 Å². The van der Waals surface area contributed by atoms with E-state index in [0.29, 0.717) is 5.92 Å². The van der Waals surface area contributed by atoms with Gasteiger partial charge < -0.3 is 15.5 Å². The first-order chi connectivity index (χ1) is 23.1. The van der Waals surface area contributed by atoms with Crippen LogP contribution in [0.25, 0.3) is 0 Å². The van der Waals surface area contributed by atoms with Crippen LogP contribution in [0, 0.1) is 6.92 Å². The van der Waals surface area contributed by atoms with Crippen LogP contribution < -0.4 is 15.5 Å². The van der Waals surface area contributed by atoms with Gasteiger partial charge in [0.15, 0.2) is 0 Å². The minimum atomic E-state index is 0.354. The Morgan fingerprint density at radius 2 is 1.47 bits per heavy atom. The average Bonchev–Trinajstić information content (AvgIpc) is 3.12. The molecule has 0 radical (unpaired) electrons. The van der Waals surface area contributed by atoms with Gasteiger partial charge in [0.05, 0.1) is 5.70 Å². The lowest BCUT2D eigenvalue weighted by Gasteiger charge is -2.33. The van der Waals surface area contributed by atoms with Crippen molar-refractivity contribution in [3.05, 3.63) is 192 Å². The predicted molar refractivity (Wildman–Crippen MR) is 204 cm³/mol. The first kappa shape index (κ1) is 33.1. The van der Waals surface area contributed by atoms with Gasteiger partial charge in [-0.15, -0.1) is 0 Å². The fraction of sp³-hybridized carbons (Fsp3) is 0.182. The number of aryl methyl sites for hydroxylation is 1. The molecule has 0 fully saturated rings. The van der Waals surface area contributed by atoms with E-state index in [9.17, 15) is 0 Å². The molecule has 4 aromatic rings. The zero-order valence-corrected chi connectivity index (χ0v) is 28.0. The van der Waals surface area contributed by atoms with E-state index in [1.807, 2.05) is 13.0 Å². The summed E-state index contributed by atoms with van der Waals surface area (Å²) in [4.78, 5) is 2.38. The Bertz CT molecular complexity index is 1740. The highest BCUT2D eigenvalue weighted by atomic mass is 15.2. The molecule has 3 nitrogen and oxygen atoms in total. The van der Waals surface area contributed by atoms with Crippen molar-refractivity contribution in [2.24, 2.45) is 0 Å². The molecular formula is C44H47N3. The molecule has 1 atom stereocenters. The Morgan fingerprint density at radius 3 is 2.09 bits per heavy atom. The Hall–Kier alpha value is -5.28. The Balaban J connectivity index is 1.55. The molecule has 0 heterocycles. The van der Waals surface area contributed by atoms with Crippen LogP contribution in [0.2, 0.25) is 0 Å². The zero-order valence-electron chi connectivity index (χ0n) is 28.0. The SMILES string of the molecule is C=C(/C=C\C=C/C)/C(=C(/CCCC)Nc1ccc(Nc2ccc(C)cc2)cc1)N(C1=CCC(c2ccccc2)C=C1)c1ccccc1. The van der Waals surface area contributed by atoms with Crippen LogP contribution in [0.5, 0.6) is 0 Å². The molecule has 1 aliphatic rings. The third-order valence-corrected chi connectivity index (χ3v) is 8.30. The van der Waals surface area contributed by atoms with Crippen LogP contribution in [-0.4, -0.2) is 0 Å². The number of para-hydroxylation sites is 1. The van der Waals surface area contributed by atoms with E-state index in [1.54, 1.807) is 0 Å². The van der Waals surface area contributed by atoms with Crippen LogP contribution in [0.4, 0.5) is 22.7 Å². The number of nitrogens with zero attached hydrogens (tertiary/aromatic N) is 1. The first-order valence-corrected chi connectivity index (χ1v) is 16.8. The van der Waals surface area contributed by atoms with Crippen molar-refractivity contribution >= 4 is 22.7 Å². The van der Waals surface area contributed by atoms with Crippen molar-refractivity contribution in [1.82, 2.24) is 0 Å². The van der Waals surface area contributed by atoms with E-state index < -0.39 is 0 Å². The molecule has 47 heavy (non-hydrogen) atoms. The summed E-state index contributed by atoms with van der Waals surface area (Å²) >= 11 is 0. The topological polar surface area (TPSA) is 27.3 Å². The van der Waals surface area contributed by atoms with E-state index in [-0.39, 0.29) is 0 Å². The minimum absolute atomic E-state index is 0.354. The van der Waals surface area contributed by atoms with Crippen LogP contribution >= 0.6 is 0 Å². The number of nitrogens with one attached hydrogen (secondary N) is 2. The monoisotopic (exact) mass is 617 g/mol. The fourth-order valence-corrected chi connectivity index (χ4v) is 5.75. The summed E-state index contributed by atoms with van der Waals surface area (Å²) in [6.07, 6.45) is 19.2. The van der Waals surface area contributed by atoms with Gasteiger partial charge in [-0.3, -0.25) is 0 Å². The summed E-state index contributed by atoms with van der Waals surface area (Å²) in [5.41, 5.74) is 11.2. The Kier molecular flexibility index (Phi) is 11.9. The molecule has 3 heteroatoms. The second-order valence-electron chi connectivity index (χ2n) is 11.9. The molecule has 0 aliphatic heterocycles. The molecule has 2 N–H and O–H groups in total. The molecule has 4 aromatic carbocycles. The summed E-state index contributed by atoms with van der Waals surface area (Å²) in [7, 11) is 0. The second kappa shape index (κ2) is 16.9. The molecule has 0 amide bonds. The quantitative estimate of drug-likeness (QED) is 0.138. The number of anilines is 4. The normalized spacial score (nSPS) is 15.0. The maximum Gasteiger partial charge on any atom is 0.0720 e. The Labute approximate surface area is 282 Å². The van der Waals surface area contributed by atoms with Gasteiger partial charge >= 0.3 is 0 Å². The van der Waals surface area contributed by atoms with E-state index in [4.69, 9.17) is 0 Å². The predicted octanol–water partition coefficient (Wildman–Crippen LogP) is 12.4. The van der Waals surface area contributed by atoms with Crippen molar-refractivity contribution < 1.29 is 0 Å². The van der Waals surface area contributed by atoms with Gasteiger partial charge in [0.25, 0.3) is 0 Å².